The van der Waals surface area contributed by atoms with Crippen LogP contribution in [0.3, 0.4) is 0 Å². The van der Waals surface area contributed by atoms with Crippen molar-refractivity contribution >= 4 is 22.7 Å². The summed E-state index contributed by atoms with van der Waals surface area (Å²) in [5, 5.41) is 8.72. The summed E-state index contributed by atoms with van der Waals surface area (Å²) in [6.07, 6.45) is -0.376. The topological polar surface area (TPSA) is 28.2 Å². The molecule has 22 heavy (non-hydrogen) atoms. The largest absolute Gasteiger partial charge is 0.308 e. The smallest absolute Gasteiger partial charge is 0.251 e. The lowest BCUT2D eigenvalue weighted by atomic mass is 10.1. The number of nitrogens with one attached hydrogen (secondary N) is 1. The number of piperidine rings is 1. The number of alkyl halides is 2. The molecule has 2 aromatic rings. The van der Waals surface area contributed by atoms with Crippen LogP contribution < -0.4 is 5.32 Å². The normalized spacial score (nSPS) is 17.4. The van der Waals surface area contributed by atoms with Gasteiger partial charge in [0.2, 0.25) is 0 Å². The molecule has 3 nitrogen and oxygen atoms in total. The van der Waals surface area contributed by atoms with Gasteiger partial charge in [0, 0.05) is 18.0 Å². The Morgan fingerprint density at radius 1 is 1.32 bits per heavy atom. The van der Waals surface area contributed by atoms with Gasteiger partial charge in [0.25, 0.3) is 6.43 Å². The molecule has 0 atom stereocenters. The van der Waals surface area contributed by atoms with E-state index < -0.39 is 6.43 Å². The lowest BCUT2D eigenvalue weighted by molar-refractivity contribution is 0.0729. The molecule has 1 N–H and O–H groups in total. The monoisotopic (exact) mass is 343 g/mol. The van der Waals surface area contributed by atoms with Crippen molar-refractivity contribution in [2.24, 2.45) is 0 Å². The number of thiophene rings is 1. The van der Waals surface area contributed by atoms with E-state index in [4.69, 9.17) is 0 Å². The third-order valence-electron chi connectivity index (χ3n) is 3.84. The van der Waals surface area contributed by atoms with Crippen LogP contribution in [0.4, 0.5) is 8.78 Å². The first-order chi connectivity index (χ1) is 10.7. The molecule has 3 rings (SSSR count). The molecule has 0 aliphatic carbocycles. The molecule has 1 aliphatic rings. The van der Waals surface area contributed by atoms with Crippen LogP contribution in [-0.2, 0) is 6.54 Å². The van der Waals surface area contributed by atoms with E-state index in [0.717, 1.165) is 43.2 Å². The fourth-order valence-corrected chi connectivity index (χ4v) is 4.30. The van der Waals surface area contributed by atoms with Crippen molar-refractivity contribution in [1.82, 2.24) is 15.2 Å². The van der Waals surface area contributed by atoms with Crippen molar-refractivity contribution in [3.05, 3.63) is 28.6 Å². The van der Waals surface area contributed by atoms with E-state index in [0.29, 0.717) is 6.04 Å². The Kier molecular flexibility index (Phi) is 5.51. The fraction of sp³-hybridized carbons (Fsp3) is 0.533. The molecule has 1 aliphatic heterocycles. The van der Waals surface area contributed by atoms with Crippen LogP contribution in [-0.4, -0.2) is 42.0 Å². The number of halogens is 2. The van der Waals surface area contributed by atoms with Crippen molar-refractivity contribution < 1.29 is 8.78 Å². The maximum absolute atomic E-state index is 12.3. The summed E-state index contributed by atoms with van der Waals surface area (Å²) in [6, 6.07) is 4.52. The second-order valence-electron chi connectivity index (χ2n) is 5.47. The maximum Gasteiger partial charge on any atom is 0.251 e. The second kappa shape index (κ2) is 7.59. The Bertz CT molecular complexity index is 563. The molecule has 0 radical (unpaired) electrons. The third kappa shape index (κ3) is 4.32. The van der Waals surface area contributed by atoms with Crippen molar-refractivity contribution in [2.75, 3.05) is 19.6 Å². The minimum atomic E-state index is -2.23. The molecular formula is C15H19F2N3S2. The summed E-state index contributed by atoms with van der Waals surface area (Å²) < 4.78 is 24.7. The molecule has 2 aromatic heterocycles. The first kappa shape index (κ1) is 16.0. The highest BCUT2D eigenvalue weighted by molar-refractivity contribution is 7.20. The van der Waals surface area contributed by atoms with E-state index in [-0.39, 0.29) is 6.54 Å². The quantitative estimate of drug-likeness (QED) is 0.867. The SMILES string of the molecule is FC(F)CN1CCC(NCc2csc(-c3cccs3)n2)CC1. The summed E-state index contributed by atoms with van der Waals surface area (Å²) in [5.74, 6) is 0. The summed E-state index contributed by atoms with van der Waals surface area (Å²) in [4.78, 5) is 7.70. The van der Waals surface area contributed by atoms with Crippen molar-refractivity contribution in [1.29, 1.82) is 0 Å². The number of rotatable bonds is 6. The summed E-state index contributed by atoms with van der Waals surface area (Å²) >= 11 is 3.37. The van der Waals surface area contributed by atoms with E-state index in [1.54, 1.807) is 22.7 Å². The van der Waals surface area contributed by atoms with Crippen LogP contribution in [0.5, 0.6) is 0 Å². The summed E-state index contributed by atoms with van der Waals surface area (Å²) in [6.45, 7) is 2.16. The van der Waals surface area contributed by atoms with Crippen LogP contribution >= 0.6 is 22.7 Å². The molecular weight excluding hydrogens is 324 g/mol. The molecule has 0 bridgehead atoms. The van der Waals surface area contributed by atoms with Crippen LogP contribution in [0, 0.1) is 0 Å². The van der Waals surface area contributed by atoms with Crippen LogP contribution in [0.1, 0.15) is 18.5 Å². The predicted molar refractivity (Wildman–Crippen MR) is 87.7 cm³/mol. The number of likely N-dealkylation sites (tertiary alicyclic amines) is 1. The zero-order valence-electron chi connectivity index (χ0n) is 12.2. The number of hydrogen-bond donors (Lipinski definition) is 1. The molecule has 7 heteroatoms. The lowest BCUT2D eigenvalue weighted by Gasteiger charge is -2.32. The Hall–Kier alpha value is -0.890. The van der Waals surface area contributed by atoms with Gasteiger partial charge in [0.1, 0.15) is 5.01 Å². The highest BCUT2D eigenvalue weighted by atomic mass is 32.1. The Morgan fingerprint density at radius 3 is 2.82 bits per heavy atom. The van der Waals surface area contributed by atoms with Gasteiger partial charge in [-0.1, -0.05) is 6.07 Å². The minimum absolute atomic E-state index is 0.0943. The first-order valence-corrected chi connectivity index (χ1v) is 9.19. The average Bonchev–Trinajstić information content (AvgIpc) is 3.17. The minimum Gasteiger partial charge on any atom is -0.308 e. The van der Waals surface area contributed by atoms with Gasteiger partial charge in [-0.05, 0) is 37.4 Å². The molecule has 0 spiro atoms. The highest BCUT2D eigenvalue weighted by Gasteiger charge is 2.21. The standard InChI is InChI=1S/C15H19F2N3S2/c16-14(17)9-20-5-3-11(4-6-20)18-8-12-10-22-15(19-12)13-2-1-7-21-13/h1-2,7,10-11,14,18H,3-6,8-9H2. The molecule has 120 valence electrons. The molecule has 1 saturated heterocycles. The third-order valence-corrected chi connectivity index (χ3v) is 5.77. The predicted octanol–water partition coefficient (Wildman–Crippen LogP) is 3.69. The lowest BCUT2D eigenvalue weighted by Crippen LogP contribution is -2.43. The zero-order valence-corrected chi connectivity index (χ0v) is 13.8. The Labute approximate surface area is 137 Å². The number of aromatic nitrogens is 1. The molecule has 0 unspecified atom stereocenters. The van der Waals surface area contributed by atoms with Gasteiger partial charge in [0.15, 0.2) is 0 Å². The van der Waals surface area contributed by atoms with E-state index >= 15 is 0 Å². The van der Waals surface area contributed by atoms with E-state index in [9.17, 15) is 8.78 Å². The number of thiazole rings is 1. The molecule has 3 heterocycles. The van der Waals surface area contributed by atoms with E-state index in [1.807, 2.05) is 11.0 Å². The van der Waals surface area contributed by atoms with E-state index in [1.165, 1.54) is 4.88 Å². The van der Waals surface area contributed by atoms with Gasteiger partial charge in [-0.25, -0.2) is 13.8 Å². The molecule has 0 aromatic carbocycles. The highest BCUT2D eigenvalue weighted by Crippen LogP contribution is 2.27. The van der Waals surface area contributed by atoms with Gasteiger partial charge in [-0.2, -0.15) is 0 Å². The average molecular weight is 343 g/mol. The molecule has 1 fully saturated rings. The van der Waals surface area contributed by atoms with Gasteiger partial charge in [0.05, 0.1) is 17.1 Å². The maximum atomic E-state index is 12.3. The number of hydrogen-bond acceptors (Lipinski definition) is 5. The van der Waals surface area contributed by atoms with E-state index in [2.05, 4.69) is 27.1 Å². The summed E-state index contributed by atoms with van der Waals surface area (Å²) in [7, 11) is 0. The molecule has 0 saturated carbocycles. The van der Waals surface area contributed by atoms with Crippen LogP contribution in [0.2, 0.25) is 0 Å². The van der Waals surface area contributed by atoms with Gasteiger partial charge >= 0.3 is 0 Å². The van der Waals surface area contributed by atoms with Gasteiger partial charge in [-0.3, -0.25) is 4.90 Å². The van der Waals surface area contributed by atoms with Crippen molar-refractivity contribution in [3.63, 3.8) is 0 Å². The summed E-state index contributed by atoms with van der Waals surface area (Å²) in [5.41, 5.74) is 1.06. The zero-order chi connectivity index (χ0) is 15.4. The van der Waals surface area contributed by atoms with Crippen molar-refractivity contribution in [2.45, 2.75) is 31.9 Å². The molecule has 0 amide bonds. The second-order valence-corrected chi connectivity index (χ2v) is 7.27. The number of nitrogens with zero attached hydrogens (tertiary/aromatic N) is 2. The van der Waals surface area contributed by atoms with Crippen LogP contribution in [0.25, 0.3) is 9.88 Å². The van der Waals surface area contributed by atoms with Crippen molar-refractivity contribution in [3.8, 4) is 9.88 Å². The van der Waals surface area contributed by atoms with Crippen LogP contribution in [0.15, 0.2) is 22.9 Å². The van der Waals surface area contributed by atoms with Gasteiger partial charge < -0.3 is 5.32 Å². The first-order valence-electron chi connectivity index (χ1n) is 7.43. The Balaban J connectivity index is 1.44. The van der Waals surface area contributed by atoms with Gasteiger partial charge in [-0.15, -0.1) is 22.7 Å². The fourth-order valence-electron chi connectivity index (χ4n) is 2.67. The Morgan fingerprint density at radius 2 is 2.14 bits per heavy atom.